The number of esters is 1. The van der Waals surface area contributed by atoms with Gasteiger partial charge in [0.1, 0.15) is 11.4 Å². The fraction of sp³-hybridized carbons (Fsp3) is 0.308. The Hall–Kier alpha value is -1.68. The molecule has 0 amide bonds. The fourth-order valence-electron chi connectivity index (χ4n) is 1.85. The molecule has 1 N–H and O–H groups in total. The minimum absolute atomic E-state index is 0.281. The molecule has 18 heavy (non-hydrogen) atoms. The van der Waals surface area contributed by atoms with Crippen molar-refractivity contribution in [2.45, 2.75) is 18.9 Å². The van der Waals surface area contributed by atoms with Crippen molar-refractivity contribution in [3.8, 4) is 5.75 Å². The number of rotatable bonds is 3. The lowest BCUT2D eigenvalue weighted by molar-refractivity contribution is 0.0595. The molecule has 0 atom stereocenters. The third-order valence-electron chi connectivity index (χ3n) is 2.89. The van der Waals surface area contributed by atoms with Gasteiger partial charge in [0.25, 0.3) is 0 Å². The third kappa shape index (κ3) is 2.04. The second-order valence-corrected chi connectivity index (χ2v) is 4.79. The van der Waals surface area contributed by atoms with E-state index in [2.05, 4.69) is 9.72 Å². The quantitative estimate of drug-likeness (QED) is 0.868. The normalized spacial score (nSPS) is 14.8. The van der Waals surface area contributed by atoms with E-state index in [-0.39, 0.29) is 6.10 Å². The number of fused-ring (bicyclic) bond motifs is 1. The summed E-state index contributed by atoms with van der Waals surface area (Å²) in [5.41, 5.74) is 1.17. The van der Waals surface area contributed by atoms with Gasteiger partial charge < -0.3 is 14.5 Å². The standard InChI is InChI=1S/C13H12ClNO3/c1-17-13(16)11-6-9-10(15-11)4-7(14)5-12(9)18-8-2-3-8/h4-6,8,15H,2-3H2,1H3. The second kappa shape index (κ2) is 4.21. The molecule has 0 spiro atoms. The van der Waals surface area contributed by atoms with Crippen LogP contribution in [0.3, 0.4) is 0 Å². The predicted octanol–water partition coefficient (Wildman–Crippen LogP) is 3.15. The molecule has 4 nitrogen and oxygen atoms in total. The number of ether oxygens (including phenoxy) is 2. The third-order valence-corrected chi connectivity index (χ3v) is 3.11. The van der Waals surface area contributed by atoms with E-state index in [1.807, 2.05) is 0 Å². The van der Waals surface area contributed by atoms with Gasteiger partial charge in [-0.15, -0.1) is 0 Å². The number of carbonyl (C=O) groups excluding carboxylic acids is 1. The van der Waals surface area contributed by atoms with E-state index >= 15 is 0 Å². The topological polar surface area (TPSA) is 51.3 Å². The van der Waals surface area contributed by atoms with Gasteiger partial charge in [-0.1, -0.05) is 11.6 Å². The Balaban J connectivity index is 2.09. The molecule has 5 heteroatoms. The maximum atomic E-state index is 11.5. The summed E-state index contributed by atoms with van der Waals surface area (Å²) >= 11 is 6.03. The first kappa shape index (κ1) is 11.4. The van der Waals surface area contributed by atoms with Crippen molar-refractivity contribution >= 4 is 28.5 Å². The van der Waals surface area contributed by atoms with Crippen molar-refractivity contribution < 1.29 is 14.3 Å². The molecule has 1 fully saturated rings. The summed E-state index contributed by atoms with van der Waals surface area (Å²) in [4.78, 5) is 14.5. The molecular formula is C13H12ClNO3. The first-order valence-corrected chi connectivity index (χ1v) is 6.12. The van der Waals surface area contributed by atoms with Crippen molar-refractivity contribution in [2.75, 3.05) is 7.11 Å². The SMILES string of the molecule is COC(=O)c1cc2c(OC3CC3)cc(Cl)cc2[nH]1. The zero-order chi connectivity index (χ0) is 12.7. The molecule has 1 aromatic heterocycles. The van der Waals surface area contributed by atoms with E-state index in [1.165, 1.54) is 7.11 Å². The van der Waals surface area contributed by atoms with Crippen LogP contribution in [0.5, 0.6) is 5.75 Å². The van der Waals surface area contributed by atoms with Gasteiger partial charge in [0, 0.05) is 10.4 Å². The van der Waals surface area contributed by atoms with Crippen LogP contribution in [0.2, 0.25) is 5.02 Å². The van der Waals surface area contributed by atoms with Crippen LogP contribution in [-0.2, 0) is 4.74 Å². The smallest absolute Gasteiger partial charge is 0.354 e. The van der Waals surface area contributed by atoms with E-state index in [1.54, 1.807) is 18.2 Å². The number of H-pyrrole nitrogens is 1. The highest BCUT2D eigenvalue weighted by atomic mass is 35.5. The summed E-state index contributed by atoms with van der Waals surface area (Å²) in [6.07, 6.45) is 2.42. The van der Waals surface area contributed by atoms with Crippen LogP contribution in [0.15, 0.2) is 18.2 Å². The summed E-state index contributed by atoms with van der Waals surface area (Å²) in [6.45, 7) is 0. The molecule has 0 aliphatic heterocycles. The largest absolute Gasteiger partial charge is 0.490 e. The lowest BCUT2D eigenvalue weighted by Crippen LogP contribution is -2.00. The Bertz CT molecular complexity index is 616. The second-order valence-electron chi connectivity index (χ2n) is 4.36. The summed E-state index contributed by atoms with van der Waals surface area (Å²) in [5.74, 6) is 0.311. The summed E-state index contributed by atoms with van der Waals surface area (Å²) in [7, 11) is 1.35. The molecule has 1 aliphatic carbocycles. The summed E-state index contributed by atoms with van der Waals surface area (Å²) in [6, 6.07) is 5.27. The summed E-state index contributed by atoms with van der Waals surface area (Å²) < 4.78 is 10.5. The Labute approximate surface area is 109 Å². The number of aromatic amines is 1. The predicted molar refractivity (Wildman–Crippen MR) is 68.3 cm³/mol. The van der Waals surface area contributed by atoms with Gasteiger partial charge in [-0.25, -0.2) is 4.79 Å². The molecule has 3 rings (SSSR count). The van der Waals surface area contributed by atoms with Crippen molar-refractivity contribution in [1.82, 2.24) is 4.98 Å². The number of halogens is 1. The van der Waals surface area contributed by atoms with Crippen LogP contribution >= 0.6 is 11.6 Å². The van der Waals surface area contributed by atoms with Gasteiger partial charge in [0.15, 0.2) is 0 Å². The molecule has 1 saturated carbocycles. The van der Waals surface area contributed by atoms with E-state index < -0.39 is 5.97 Å². The van der Waals surface area contributed by atoms with Crippen LogP contribution < -0.4 is 4.74 Å². The van der Waals surface area contributed by atoms with Crippen molar-refractivity contribution in [1.29, 1.82) is 0 Å². The number of carbonyl (C=O) groups is 1. The number of aromatic nitrogens is 1. The molecule has 0 radical (unpaired) electrons. The van der Waals surface area contributed by atoms with Gasteiger partial charge in [0.05, 0.1) is 18.7 Å². The Morgan fingerprint density at radius 2 is 2.17 bits per heavy atom. The highest BCUT2D eigenvalue weighted by molar-refractivity contribution is 6.31. The lowest BCUT2D eigenvalue weighted by atomic mass is 10.2. The first-order chi connectivity index (χ1) is 8.67. The van der Waals surface area contributed by atoms with Gasteiger partial charge in [0.2, 0.25) is 0 Å². The van der Waals surface area contributed by atoms with E-state index in [0.717, 1.165) is 23.7 Å². The first-order valence-electron chi connectivity index (χ1n) is 5.74. The van der Waals surface area contributed by atoms with Crippen LogP contribution in [0.4, 0.5) is 0 Å². The maximum Gasteiger partial charge on any atom is 0.354 e. The molecule has 2 aromatic rings. The number of hydrogen-bond donors (Lipinski definition) is 1. The van der Waals surface area contributed by atoms with Crippen LogP contribution in [-0.4, -0.2) is 24.2 Å². The molecule has 1 heterocycles. The minimum Gasteiger partial charge on any atom is -0.490 e. The summed E-state index contributed by atoms with van der Waals surface area (Å²) in [5, 5.41) is 1.43. The monoisotopic (exact) mass is 265 g/mol. The number of benzene rings is 1. The molecular weight excluding hydrogens is 254 g/mol. The van der Waals surface area contributed by atoms with Crippen molar-refractivity contribution in [2.24, 2.45) is 0 Å². The van der Waals surface area contributed by atoms with Crippen LogP contribution in [0, 0.1) is 0 Å². The van der Waals surface area contributed by atoms with Gasteiger partial charge in [-0.3, -0.25) is 0 Å². The maximum absolute atomic E-state index is 11.5. The van der Waals surface area contributed by atoms with E-state index in [9.17, 15) is 4.79 Å². The molecule has 0 saturated heterocycles. The van der Waals surface area contributed by atoms with Crippen LogP contribution in [0.25, 0.3) is 10.9 Å². The van der Waals surface area contributed by atoms with E-state index in [0.29, 0.717) is 16.5 Å². The van der Waals surface area contributed by atoms with Crippen molar-refractivity contribution in [3.63, 3.8) is 0 Å². The number of nitrogens with one attached hydrogen (secondary N) is 1. The van der Waals surface area contributed by atoms with Crippen LogP contribution in [0.1, 0.15) is 23.3 Å². The van der Waals surface area contributed by atoms with Crippen molar-refractivity contribution in [3.05, 3.63) is 28.9 Å². The Morgan fingerprint density at radius 1 is 1.39 bits per heavy atom. The van der Waals surface area contributed by atoms with Gasteiger partial charge >= 0.3 is 5.97 Å². The number of hydrogen-bond acceptors (Lipinski definition) is 3. The Morgan fingerprint density at radius 3 is 2.83 bits per heavy atom. The molecule has 94 valence electrons. The van der Waals surface area contributed by atoms with Gasteiger partial charge in [-0.2, -0.15) is 0 Å². The molecule has 1 aliphatic rings. The zero-order valence-corrected chi connectivity index (χ0v) is 10.6. The highest BCUT2D eigenvalue weighted by Crippen LogP contribution is 2.35. The zero-order valence-electron chi connectivity index (χ0n) is 9.83. The molecule has 1 aromatic carbocycles. The van der Waals surface area contributed by atoms with Gasteiger partial charge in [-0.05, 0) is 31.0 Å². The Kier molecular flexibility index (Phi) is 2.67. The minimum atomic E-state index is -0.403. The number of methoxy groups -OCH3 is 1. The molecule has 0 unspecified atom stereocenters. The lowest BCUT2D eigenvalue weighted by Gasteiger charge is -2.06. The highest BCUT2D eigenvalue weighted by Gasteiger charge is 2.25. The fourth-order valence-corrected chi connectivity index (χ4v) is 2.06. The molecule has 0 bridgehead atoms. The van der Waals surface area contributed by atoms with E-state index in [4.69, 9.17) is 16.3 Å². The average molecular weight is 266 g/mol. The average Bonchev–Trinajstić information content (AvgIpc) is 3.05.